The summed E-state index contributed by atoms with van der Waals surface area (Å²) < 4.78 is 42.4. The van der Waals surface area contributed by atoms with E-state index in [1.54, 1.807) is 0 Å². The van der Waals surface area contributed by atoms with Gasteiger partial charge in [0.25, 0.3) is 5.69 Å². The van der Waals surface area contributed by atoms with E-state index in [0.29, 0.717) is 16.0 Å². The Balaban J connectivity index is 2.39. The van der Waals surface area contributed by atoms with Crippen molar-refractivity contribution in [2.45, 2.75) is 19.0 Å². The van der Waals surface area contributed by atoms with Gasteiger partial charge in [-0.1, -0.05) is 0 Å². The average Bonchev–Trinajstić information content (AvgIpc) is 2.79. The van der Waals surface area contributed by atoms with Gasteiger partial charge in [-0.25, -0.2) is 4.79 Å². The van der Waals surface area contributed by atoms with E-state index < -0.39 is 23.1 Å². The zero-order valence-corrected chi connectivity index (χ0v) is 14.0. The summed E-state index contributed by atoms with van der Waals surface area (Å²) >= 11 is 0. The van der Waals surface area contributed by atoms with Gasteiger partial charge in [0.05, 0.1) is 12.0 Å². The normalized spacial score (nSPS) is 14.3. The molecule has 2 amide bonds. The number of methoxy groups -OCH3 is 1. The number of alkyl halides is 3. The van der Waals surface area contributed by atoms with Crippen molar-refractivity contribution in [2.24, 2.45) is 0 Å². The highest BCUT2D eigenvalue weighted by atomic mass is 19.4. The first-order valence-corrected chi connectivity index (χ1v) is 7.54. The minimum absolute atomic E-state index is 0.0313. The molecule has 26 heavy (non-hydrogen) atoms. The Morgan fingerprint density at radius 1 is 1.23 bits per heavy atom. The highest BCUT2D eigenvalue weighted by Crippen LogP contribution is 2.33. The third-order valence-electron chi connectivity index (χ3n) is 4.14. The molecule has 1 aliphatic rings. The molecule has 0 aromatic heterocycles. The molecule has 0 N–H and O–H groups in total. The number of nitrogens with zero attached hydrogens (tertiary/aromatic N) is 3. The molecule has 0 atom stereocenters. The number of hydrogen-bond donors (Lipinski definition) is 0. The van der Waals surface area contributed by atoms with Crippen LogP contribution < -0.4 is 4.90 Å². The van der Waals surface area contributed by atoms with E-state index in [2.05, 4.69) is 4.74 Å². The number of carbonyl (C=O) groups excluding carboxylic acids is 2. The molecule has 0 aliphatic carbocycles. The number of benzene rings is 1. The van der Waals surface area contributed by atoms with E-state index in [-0.39, 0.29) is 37.3 Å². The van der Waals surface area contributed by atoms with Crippen LogP contribution in [-0.2, 0) is 22.4 Å². The maximum Gasteiger partial charge on any atom is 0.471 e. The van der Waals surface area contributed by atoms with Crippen LogP contribution in [-0.4, -0.2) is 55.2 Å². The van der Waals surface area contributed by atoms with Crippen molar-refractivity contribution < 1.29 is 32.4 Å². The zero-order chi connectivity index (χ0) is 19.6. The van der Waals surface area contributed by atoms with E-state index in [1.807, 2.05) is 0 Å². The van der Waals surface area contributed by atoms with Crippen molar-refractivity contribution >= 4 is 23.4 Å². The fourth-order valence-electron chi connectivity index (χ4n) is 2.78. The molecule has 0 saturated heterocycles. The lowest BCUT2D eigenvalue weighted by atomic mass is 10.0. The highest BCUT2D eigenvalue weighted by molar-refractivity contribution is 5.90. The molecule has 11 heteroatoms. The number of carbonyl (C=O) groups is 2. The Kier molecular flexibility index (Phi) is 5.38. The van der Waals surface area contributed by atoms with E-state index in [1.165, 1.54) is 19.2 Å². The second-order valence-corrected chi connectivity index (χ2v) is 5.69. The maximum atomic E-state index is 12.6. The Morgan fingerprint density at radius 2 is 1.77 bits per heavy atom. The second-order valence-electron chi connectivity index (χ2n) is 5.69. The number of anilines is 1. The summed E-state index contributed by atoms with van der Waals surface area (Å²) in [4.78, 5) is 35.4. The fraction of sp³-hybridized carbons (Fsp3) is 0.467. The summed E-state index contributed by atoms with van der Waals surface area (Å²) in [5.41, 5.74) is 0.610. The van der Waals surface area contributed by atoms with Crippen LogP contribution in [0.2, 0.25) is 0 Å². The molecule has 0 fully saturated rings. The third kappa shape index (κ3) is 3.86. The molecule has 142 valence electrons. The number of halogens is 3. The van der Waals surface area contributed by atoms with E-state index >= 15 is 0 Å². The number of ether oxygens (including phenoxy) is 1. The number of nitro benzene ring substituents is 1. The van der Waals surface area contributed by atoms with Crippen molar-refractivity contribution in [2.75, 3.05) is 32.1 Å². The number of nitro groups is 1. The monoisotopic (exact) mass is 375 g/mol. The van der Waals surface area contributed by atoms with Crippen molar-refractivity contribution in [3.63, 3.8) is 0 Å². The predicted molar refractivity (Wildman–Crippen MR) is 83.9 cm³/mol. The first-order valence-electron chi connectivity index (χ1n) is 7.54. The molecular weight excluding hydrogens is 359 g/mol. The Morgan fingerprint density at radius 3 is 2.23 bits per heavy atom. The Labute approximate surface area is 146 Å². The minimum atomic E-state index is -4.97. The molecule has 1 aromatic rings. The molecule has 1 aliphatic heterocycles. The molecule has 0 radical (unpaired) electrons. The van der Waals surface area contributed by atoms with Gasteiger partial charge in [-0.3, -0.25) is 19.8 Å². The molecule has 1 aromatic carbocycles. The van der Waals surface area contributed by atoms with Crippen LogP contribution in [0.5, 0.6) is 0 Å². The molecule has 0 spiro atoms. The van der Waals surface area contributed by atoms with Crippen molar-refractivity contribution in [1.29, 1.82) is 0 Å². The van der Waals surface area contributed by atoms with E-state index in [0.717, 1.165) is 12.0 Å². The lowest BCUT2D eigenvalue weighted by Crippen LogP contribution is -2.42. The summed E-state index contributed by atoms with van der Waals surface area (Å²) in [6.45, 7) is -0.376. The van der Waals surface area contributed by atoms with Crippen LogP contribution in [0, 0.1) is 10.1 Å². The second kappa shape index (κ2) is 7.18. The van der Waals surface area contributed by atoms with Crippen LogP contribution in [0.25, 0.3) is 0 Å². The minimum Gasteiger partial charge on any atom is -0.452 e. The van der Waals surface area contributed by atoms with Crippen LogP contribution in [0.1, 0.15) is 11.1 Å². The van der Waals surface area contributed by atoms with Gasteiger partial charge in [0.15, 0.2) is 0 Å². The van der Waals surface area contributed by atoms with E-state index in [4.69, 9.17) is 0 Å². The predicted octanol–water partition coefficient (Wildman–Crippen LogP) is 2.29. The smallest absolute Gasteiger partial charge is 0.452 e. The standard InChI is InChI=1S/C15H16F3N3O5/c1-19(14(23)26-2)11-7-9-3-5-20(13(22)15(16,17)18)6-4-10(9)8-12(11)21(24)25/h7-8H,3-6H2,1-2H3. The Bertz CT molecular complexity index is 751. The molecule has 8 nitrogen and oxygen atoms in total. The first-order chi connectivity index (χ1) is 12.1. The maximum absolute atomic E-state index is 12.6. The van der Waals surface area contributed by atoms with Crippen LogP contribution in [0.15, 0.2) is 12.1 Å². The van der Waals surface area contributed by atoms with E-state index in [9.17, 15) is 32.9 Å². The molecule has 0 unspecified atom stereocenters. The molecule has 2 rings (SSSR count). The van der Waals surface area contributed by atoms with Crippen LogP contribution in [0.4, 0.5) is 29.3 Å². The first kappa shape index (κ1) is 19.5. The summed E-state index contributed by atoms with van der Waals surface area (Å²) in [5.74, 6) is -1.94. The van der Waals surface area contributed by atoms with Crippen molar-refractivity contribution in [3.8, 4) is 0 Å². The summed E-state index contributed by atoms with van der Waals surface area (Å²) in [7, 11) is 2.41. The van der Waals surface area contributed by atoms with Gasteiger partial charge < -0.3 is 9.64 Å². The highest BCUT2D eigenvalue weighted by Gasteiger charge is 2.42. The largest absolute Gasteiger partial charge is 0.471 e. The van der Waals surface area contributed by atoms with Gasteiger partial charge in [-0.05, 0) is 30.0 Å². The molecular formula is C15H16F3N3O5. The third-order valence-corrected chi connectivity index (χ3v) is 4.14. The Hall–Kier alpha value is -2.85. The molecule has 1 heterocycles. The van der Waals surface area contributed by atoms with Gasteiger partial charge in [0.1, 0.15) is 5.69 Å². The zero-order valence-electron chi connectivity index (χ0n) is 14.0. The van der Waals surface area contributed by atoms with Gasteiger partial charge in [-0.15, -0.1) is 0 Å². The number of hydrogen-bond acceptors (Lipinski definition) is 5. The number of rotatable bonds is 2. The molecule has 0 bridgehead atoms. The topological polar surface area (TPSA) is 93.0 Å². The summed E-state index contributed by atoms with van der Waals surface area (Å²) in [6, 6.07) is 2.61. The average molecular weight is 375 g/mol. The number of amides is 2. The quantitative estimate of drug-likeness (QED) is 0.584. The SMILES string of the molecule is COC(=O)N(C)c1cc2c(cc1[N+](=O)[O-])CCN(C(=O)C(F)(F)F)CC2. The van der Waals surface area contributed by atoms with Crippen molar-refractivity contribution in [3.05, 3.63) is 33.4 Å². The summed E-state index contributed by atoms with van der Waals surface area (Å²) in [6.07, 6.45) is -5.67. The summed E-state index contributed by atoms with van der Waals surface area (Å²) in [5, 5.41) is 11.3. The van der Waals surface area contributed by atoms with Gasteiger partial charge >= 0.3 is 18.2 Å². The van der Waals surface area contributed by atoms with Crippen LogP contribution >= 0.6 is 0 Å². The molecule has 0 saturated carbocycles. The lowest BCUT2D eigenvalue weighted by Gasteiger charge is -2.21. The van der Waals surface area contributed by atoms with Gasteiger partial charge in [0, 0.05) is 26.2 Å². The van der Waals surface area contributed by atoms with Gasteiger partial charge in [0.2, 0.25) is 0 Å². The fourth-order valence-corrected chi connectivity index (χ4v) is 2.78. The van der Waals surface area contributed by atoms with Crippen LogP contribution in [0.3, 0.4) is 0 Å². The van der Waals surface area contributed by atoms with Gasteiger partial charge in [-0.2, -0.15) is 13.2 Å². The van der Waals surface area contributed by atoms with Crippen molar-refractivity contribution in [1.82, 2.24) is 4.90 Å². The lowest BCUT2D eigenvalue weighted by molar-refractivity contribution is -0.384. The number of fused-ring (bicyclic) bond motifs is 1.